The molecule has 0 unspecified atom stereocenters. The van der Waals surface area contributed by atoms with Crippen LogP contribution in [0.25, 0.3) is 0 Å². The van der Waals surface area contributed by atoms with Gasteiger partial charge >= 0.3 is 0 Å². The van der Waals surface area contributed by atoms with E-state index in [1.807, 2.05) is 12.1 Å². The molecular weight excluding hydrogens is 305 g/mol. The lowest BCUT2D eigenvalue weighted by Gasteiger charge is -2.29. The van der Waals surface area contributed by atoms with Crippen LogP contribution in [0.3, 0.4) is 0 Å². The normalized spacial score (nSPS) is 13.5. The number of fused-ring (bicyclic) bond motifs is 1. The van der Waals surface area contributed by atoms with E-state index in [0.717, 1.165) is 30.8 Å². The first-order chi connectivity index (χ1) is 11.8. The molecule has 0 aliphatic carbocycles. The summed E-state index contributed by atoms with van der Waals surface area (Å²) >= 11 is 0. The number of anilines is 4. The van der Waals surface area contributed by atoms with Crippen molar-refractivity contribution >= 4 is 23.1 Å². The summed E-state index contributed by atoms with van der Waals surface area (Å²) in [7, 11) is 0. The molecule has 0 fully saturated rings. The Morgan fingerprint density at radius 3 is 2.75 bits per heavy atom. The van der Waals surface area contributed by atoms with Crippen molar-refractivity contribution in [3.63, 3.8) is 0 Å². The number of hydrogen-bond acceptors (Lipinski definition) is 5. The molecule has 5 nitrogen and oxygen atoms in total. The maximum absolute atomic E-state index is 13.0. The molecule has 120 valence electrons. The predicted octanol–water partition coefficient (Wildman–Crippen LogP) is 3.84. The van der Waals surface area contributed by atoms with E-state index in [2.05, 4.69) is 37.5 Å². The fourth-order valence-electron chi connectivity index (χ4n) is 2.89. The van der Waals surface area contributed by atoms with Gasteiger partial charge in [-0.05, 0) is 48.7 Å². The summed E-state index contributed by atoms with van der Waals surface area (Å²) in [5, 5.41) is 11.4. The fraction of sp³-hybridized carbons (Fsp3) is 0.167. The topological polar surface area (TPSA) is 53.9 Å². The molecule has 2 aromatic carbocycles. The zero-order valence-corrected chi connectivity index (χ0v) is 13.0. The highest BCUT2D eigenvalue weighted by Crippen LogP contribution is 2.31. The van der Waals surface area contributed by atoms with E-state index >= 15 is 0 Å². The van der Waals surface area contributed by atoms with Crippen LogP contribution in [0.1, 0.15) is 12.0 Å². The van der Waals surface area contributed by atoms with Gasteiger partial charge in [0, 0.05) is 17.9 Å². The van der Waals surface area contributed by atoms with Gasteiger partial charge in [0.25, 0.3) is 5.95 Å². The second-order valence-electron chi connectivity index (χ2n) is 5.66. The summed E-state index contributed by atoms with van der Waals surface area (Å²) in [6.45, 7) is 0.860. The first-order valence-corrected chi connectivity index (χ1v) is 7.87. The third kappa shape index (κ3) is 2.90. The van der Waals surface area contributed by atoms with Crippen LogP contribution in [-0.4, -0.2) is 21.7 Å². The summed E-state index contributed by atoms with van der Waals surface area (Å²) in [6, 6.07) is 14.4. The zero-order valence-electron chi connectivity index (χ0n) is 13.0. The van der Waals surface area contributed by atoms with Crippen LogP contribution in [0.2, 0.25) is 0 Å². The molecule has 1 N–H and O–H groups in total. The van der Waals surface area contributed by atoms with Crippen molar-refractivity contribution in [3.05, 3.63) is 66.1 Å². The van der Waals surface area contributed by atoms with Crippen LogP contribution in [0, 0.1) is 5.82 Å². The van der Waals surface area contributed by atoms with E-state index in [1.165, 1.54) is 17.7 Å². The molecule has 0 saturated carbocycles. The number of aromatic nitrogens is 3. The minimum Gasteiger partial charge on any atom is -0.339 e. The second kappa shape index (κ2) is 6.23. The number of para-hydroxylation sites is 1. The Labute approximate surface area is 139 Å². The summed E-state index contributed by atoms with van der Waals surface area (Å²) in [4.78, 5) is 6.65. The number of halogens is 1. The van der Waals surface area contributed by atoms with Crippen molar-refractivity contribution in [2.45, 2.75) is 12.8 Å². The summed E-state index contributed by atoms with van der Waals surface area (Å²) in [6.07, 6.45) is 3.67. The highest BCUT2D eigenvalue weighted by Gasteiger charge is 2.20. The molecule has 0 radical (unpaired) electrons. The Bertz CT molecular complexity index is 850. The van der Waals surface area contributed by atoms with Crippen molar-refractivity contribution in [2.75, 3.05) is 16.8 Å². The van der Waals surface area contributed by atoms with Crippen LogP contribution < -0.4 is 10.2 Å². The van der Waals surface area contributed by atoms with Gasteiger partial charge < -0.3 is 10.2 Å². The fourth-order valence-corrected chi connectivity index (χ4v) is 2.89. The lowest BCUT2D eigenvalue weighted by Crippen LogP contribution is -2.26. The maximum Gasteiger partial charge on any atom is 0.251 e. The van der Waals surface area contributed by atoms with Gasteiger partial charge in [0.05, 0.1) is 6.20 Å². The largest absolute Gasteiger partial charge is 0.339 e. The number of nitrogens with zero attached hydrogens (tertiary/aromatic N) is 4. The predicted molar refractivity (Wildman–Crippen MR) is 91.3 cm³/mol. The van der Waals surface area contributed by atoms with Gasteiger partial charge in [-0.25, -0.2) is 4.39 Å². The van der Waals surface area contributed by atoms with Gasteiger partial charge in [0.2, 0.25) is 0 Å². The molecule has 4 rings (SSSR count). The van der Waals surface area contributed by atoms with Gasteiger partial charge in [0.15, 0.2) is 5.82 Å². The smallest absolute Gasteiger partial charge is 0.251 e. The van der Waals surface area contributed by atoms with Gasteiger partial charge in [-0.3, -0.25) is 0 Å². The van der Waals surface area contributed by atoms with Gasteiger partial charge in [-0.2, -0.15) is 10.1 Å². The SMILES string of the molecule is Fc1ccc(Nc2cnnc(N3CCCc4ccccc43)n2)cc1. The molecule has 3 aromatic rings. The number of benzene rings is 2. The molecule has 0 spiro atoms. The van der Waals surface area contributed by atoms with Gasteiger partial charge in [-0.1, -0.05) is 18.2 Å². The number of rotatable bonds is 3. The molecule has 0 amide bonds. The molecular formula is C18H16FN5. The van der Waals surface area contributed by atoms with Crippen LogP contribution in [0.5, 0.6) is 0 Å². The zero-order chi connectivity index (χ0) is 16.4. The van der Waals surface area contributed by atoms with Crippen LogP contribution in [-0.2, 0) is 6.42 Å². The third-order valence-corrected chi connectivity index (χ3v) is 4.02. The summed E-state index contributed by atoms with van der Waals surface area (Å²) < 4.78 is 13.0. The van der Waals surface area contributed by atoms with Gasteiger partial charge in [0.1, 0.15) is 5.82 Å². The van der Waals surface area contributed by atoms with Crippen LogP contribution in [0.4, 0.5) is 27.5 Å². The minimum absolute atomic E-state index is 0.271. The molecule has 2 heterocycles. The van der Waals surface area contributed by atoms with Gasteiger partial charge in [-0.15, -0.1) is 5.10 Å². The molecule has 0 saturated heterocycles. The Hall–Kier alpha value is -3.02. The third-order valence-electron chi connectivity index (χ3n) is 4.02. The number of hydrogen-bond donors (Lipinski definition) is 1. The highest BCUT2D eigenvalue weighted by atomic mass is 19.1. The average Bonchev–Trinajstić information content (AvgIpc) is 2.63. The highest BCUT2D eigenvalue weighted by molar-refractivity contribution is 5.64. The quantitative estimate of drug-likeness (QED) is 0.794. The molecule has 6 heteroatoms. The van der Waals surface area contributed by atoms with Crippen LogP contribution in [0.15, 0.2) is 54.7 Å². The summed E-state index contributed by atoms with van der Waals surface area (Å²) in [5.74, 6) is 0.871. The lowest BCUT2D eigenvalue weighted by molar-refractivity contribution is 0.628. The van der Waals surface area contributed by atoms with E-state index < -0.39 is 0 Å². The molecule has 0 atom stereocenters. The van der Waals surface area contributed by atoms with Crippen molar-refractivity contribution < 1.29 is 4.39 Å². The minimum atomic E-state index is -0.271. The average molecular weight is 321 g/mol. The van der Waals surface area contributed by atoms with Crippen molar-refractivity contribution in [3.8, 4) is 0 Å². The molecule has 1 aliphatic rings. The van der Waals surface area contributed by atoms with Crippen molar-refractivity contribution in [1.82, 2.24) is 15.2 Å². The van der Waals surface area contributed by atoms with E-state index in [-0.39, 0.29) is 5.82 Å². The van der Waals surface area contributed by atoms with Crippen LogP contribution >= 0.6 is 0 Å². The Balaban J connectivity index is 1.62. The van der Waals surface area contributed by atoms with Crippen molar-refractivity contribution in [2.24, 2.45) is 0 Å². The first kappa shape index (κ1) is 14.6. The Morgan fingerprint density at radius 1 is 1.04 bits per heavy atom. The van der Waals surface area contributed by atoms with E-state index in [0.29, 0.717) is 11.8 Å². The van der Waals surface area contributed by atoms with E-state index in [9.17, 15) is 4.39 Å². The van der Waals surface area contributed by atoms with Crippen molar-refractivity contribution in [1.29, 1.82) is 0 Å². The first-order valence-electron chi connectivity index (χ1n) is 7.87. The Kier molecular flexibility index (Phi) is 3.78. The molecule has 0 bridgehead atoms. The second-order valence-corrected chi connectivity index (χ2v) is 5.66. The monoisotopic (exact) mass is 321 g/mol. The maximum atomic E-state index is 13.0. The standard InChI is InChI=1S/C18H16FN5/c19-14-7-9-15(10-8-14)21-17-12-20-23-18(22-17)24-11-3-5-13-4-1-2-6-16(13)24/h1-2,4,6-10,12H,3,5,11H2,(H,21,22,23). The lowest BCUT2D eigenvalue weighted by atomic mass is 10.0. The van der Waals surface area contributed by atoms with E-state index in [4.69, 9.17) is 0 Å². The summed E-state index contributed by atoms with van der Waals surface area (Å²) in [5.41, 5.74) is 3.18. The molecule has 24 heavy (non-hydrogen) atoms. The number of nitrogens with one attached hydrogen (secondary N) is 1. The van der Waals surface area contributed by atoms with E-state index in [1.54, 1.807) is 18.3 Å². The molecule has 1 aromatic heterocycles. The molecule has 1 aliphatic heterocycles. The Morgan fingerprint density at radius 2 is 1.88 bits per heavy atom. The number of aryl methyl sites for hydroxylation is 1.